The zero-order valence-corrected chi connectivity index (χ0v) is 12.7. The molecule has 0 aliphatic rings. The quantitative estimate of drug-likeness (QED) is 0.761. The molecule has 1 atom stereocenters. The third-order valence-electron chi connectivity index (χ3n) is 2.32. The molecule has 1 unspecified atom stereocenters. The predicted octanol–water partition coefficient (Wildman–Crippen LogP) is 4.20. The van der Waals surface area contributed by atoms with Crippen LogP contribution in [0.25, 0.3) is 0 Å². The van der Waals surface area contributed by atoms with E-state index in [2.05, 4.69) is 0 Å². The van der Waals surface area contributed by atoms with Gasteiger partial charge in [0.1, 0.15) is 0 Å². The Bertz CT molecular complexity index is 442. The van der Waals surface area contributed by atoms with Gasteiger partial charge in [0.2, 0.25) is 5.24 Å². The van der Waals surface area contributed by atoms with E-state index in [1.807, 2.05) is 0 Å². The largest absolute Gasteiger partial charge is 0.288 e. The summed E-state index contributed by atoms with van der Waals surface area (Å²) in [6.07, 6.45) is 0.334. The van der Waals surface area contributed by atoms with Crippen molar-refractivity contribution >= 4 is 56.9 Å². The van der Waals surface area contributed by atoms with E-state index in [1.165, 1.54) is 6.92 Å². The van der Waals surface area contributed by atoms with Gasteiger partial charge in [0.15, 0.2) is 5.12 Å². The van der Waals surface area contributed by atoms with Crippen molar-refractivity contribution in [3.8, 4) is 0 Å². The summed E-state index contributed by atoms with van der Waals surface area (Å²) in [6.45, 7) is 1.45. The Labute approximate surface area is 125 Å². The van der Waals surface area contributed by atoms with Crippen molar-refractivity contribution in [2.45, 2.75) is 13.3 Å². The van der Waals surface area contributed by atoms with Crippen LogP contribution >= 0.6 is 46.6 Å². The molecule has 2 nitrogen and oxygen atoms in total. The summed E-state index contributed by atoms with van der Waals surface area (Å²) in [4.78, 5) is 22.3. The first kappa shape index (κ1) is 15.8. The molecule has 1 aromatic carbocycles. The van der Waals surface area contributed by atoms with E-state index in [1.54, 1.807) is 18.2 Å². The second-order valence-electron chi connectivity index (χ2n) is 3.71. The lowest BCUT2D eigenvalue weighted by Crippen LogP contribution is -2.16. The average Bonchev–Trinajstić information content (AvgIpc) is 2.26. The smallest absolute Gasteiger partial charge is 0.225 e. The zero-order valence-electron chi connectivity index (χ0n) is 9.58. The van der Waals surface area contributed by atoms with Crippen molar-refractivity contribution in [2.24, 2.45) is 5.92 Å². The highest BCUT2D eigenvalue weighted by Gasteiger charge is 2.20. The lowest BCUT2D eigenvalue weighted by atomic mass is 10.0. The number of rotatable bonds is 5. The normalized spacial score (nSPS) is 12.2. The number of carbonyl (C=O) groups is 2. The van der Waals surface area contributed by atoms with E-state index >= 15 is 0 Å². The molecule has 18 heavy (non-hydrogen) atoms. The molecule has 1 aromatic rings. The maximum Gasteiger partial charge on any atom is 0.225 e. The topological polar surface area (TPSA) is 34.1 Å². The molecule has 0 fully saturated rings. The van der Waals surface area contributed by atoms with E-state index in [-0.39, 0.29) is 5.12 Å². The van der Waals surface area contributed by atoms with Crippen molar-refractivity contribution in [1.82, 2.24) is 0 Å². The molecule has 0 N–H and O–H groups in total. The summed E-state index contributed by atoms with van der Waals surface area (Å²) in [5.41, 5.74) is 0.684. The predicted molar refractivity (Wildman–Crippen MR) is 77.7 cm³/mol. The lowest BCUT2D eigenvalue weighted by Gasteiger charge is -2.13. The maximum atomic E-state index is 11.3. The first-order valence-corrected chi connectivity index (χ1v) is 7.29. The van der Waals surface area contributed by atoms with Crippen LogP contribution in [-0.4, -0.2) is 16.1 Å². The summed E-state index contributed by atoms with van der Waals surface area (Å²) in [6, 6.07) is 5.14. The Kier molecular flexibility index (Phi) is 6.50. The van der Waals surface area contributed by atoms with Crippen LogP contribution in [0.1, 0.15) is 12.5 Å². The minimum absolute atomic E-state index is 0.0526. The number of halogens is 3. The minimum atomic E-state index is -0.486. The van der Waals surface area contributed by atoms with Gasteiger partial charge in [-0.15, -0.1) is 0 Å². The second kappa shape index (κ2) is 7.39. The van der Waals surface area contributed by atoms with Crippen LogP contribution in [0.5, 0.6) is 0 Å². The highest BCUT2D eigenvalue weighted by molar-refractivity contribution is 8.13. The minimum Gasteiger partial charge on any atom is -0.288 e. The number of carbonyl (C=O) groups excluding carboxylic acids is 2. The van der Waals surface area contributed by atoms with Crippen molar-refractivity contribution in [3.63, 3.8) is 0 Å². The molecular weight excluding hydrogens is 315 g/mol. The van der Waals surface area contributed by atoms with Crippen LogP contribution in [0.15, 0.2) is 18.2 Å². The van der Waals surface area contributed by atoms with Gasteiger partial charge in [-0.1, -0.05) is 41.0 Å². The summed E-state index contributed by atoms with van der Waals surface area (Å²) in [5.74, 6) is -0.142. The maximum absolute atomic E-state index is 11.3. The first-order chi connectivity index (χ1) is 8.41. The molecule has 0 heterocycles. The molecule has 6 heteroatoms. The zero-order chi connectivity index (χ0) is 13.7. The van der Waals surface area contributed by atoms with E-state index in [4.69, 9.17) is 34.8 Å². The van der Waals surface area contributed by atoms with Gasteiger partial charge in [-0.25, -0.2) is 0 Å². The Morgan fingerprint density at radius 1 is 1.28 bits per heavy atom. The third-order valence-corrected chi connectivity index (χ3v) is 4.31. The highest BCUT2D eigenvalue weighted by atomic mass is 35.5. The highest BCUT2D eigenvalue weighted by Crippen LogP contribution is 2.28. The number of hydrogen-bond acceptors (Lipinski definition) is 3. The summed E-state index contributed by atoms with van der Waals surface area (Å²) < 4.78 is 0. The van der Waals surface area contributed by atoms with Gasteiger partial charge in [-0.2, -0.15) is 0 Å². The Hall–Kier alpha value is -0.220. The lowest BCUT2D eigenvalue weighted by molar-refractivity contribution is -0.114. The molecule has 0 spiro atoms. The van der Waals surface area contributed by atoms with Gasteiger partial charge in [0, 0.05) is 28.6 Å². The van der Waals surface area contributed by atoms with Crippen molar-refractivity contribution in [2.75, 3.05) is 5.75 Å². The second-order valence-corrected chi connectivity index (χ2v) is 6.09. The van der Waals surface area contributed by atoms with Gasteiger partial charge >= 0.3 is 0 Å². The fourth-order valence-corrected chi connectivity index (χ4v) is 2.90. The fourth-order valence-electron chi connectivity index (χ4n) is 1.40. The molecule has 0 aromatic heterocycles. The molecule has 0 bridgehead atoms. The van der Waals surface area contributed by atoms with Crippen LogP contribution < -0.4 is 0 Å². The van der Waals surface area contributed by atoms with Gasteiger partial charge in [-0.05, 0) is 35.7 Å². The molecule has 0 saturated carbocycles. The molecule has 0 radical (unpaired) electrons. The van der Waals surface area contributed by atoms with Crippen LogP contribution in [0.2, 0.25) is 10.0 Å². The van der Waals surface area contributed by atoms with Gasteiger partial charge < -0.3 is 0 Å². The molecular formula is C12H11Cl3O2S. The molecule has 0 aliphatic carbocycles. The van der Waals surface area contributed by atoms with Crippen LogP contribution in [-0.2, 0) is 16.0 Å². The molecule has 0 amide bonds. The van der Waals surface area contributed by atoms with E-state index in [0.29, 0.717) is 27.8 Å². The number of hydrogen-bond donors (Lipinski definition) is 0. The first-order valence-electron chi connectivity index (χ1n) is 5.17. The van der Waals surface area contributed by atoms with Crippen molar-refractivity contribution < 1.29 is 9.59 Å². The SMILES string of the molecule is CC(=O)SCC(Cc1c(Cl)cccc1Cl)C(=O)Cl. The van der Waals surface area contributed by atoms with E-state index in [0.717, 1.165) is 11.8 Å². The Balaban J connectivity index is 2.83. The van der Waals surface area contributed by atoms with Gasteiger partial charge in [0.25, 0.3) is 0 Å². The summed E-state index contributed by atoms with van der Waals surface area (Å²) in [7, 11) is 0. The third kappa shape index (κ3) is 4.81. The van der Waals surface area contributed by atoms with Gasteiger partial charge in [0.05, 0.1) is 0 Å². The number of thioether (sulfide) groups is 1. The van der Waals surface area contributed by atoms with Crippen molar-refractivity contribution in [1.29, 1.82) is 0 Å². The monoisotopic (exact) mass is 324 g/mol. The Morgan fingerprint density at radius 3 is 2.28 bits per heavy atom. The average molecular weight is 326 g/mol. The molecule has 1 rings (SSSR count). The molecule has 0 aliphatic heterocycles. The van der Waals surface area contributed by atoms with Crippen molar-refractivity contribution in [3.05, 3.63) is 33.8 Å². The van der Waals surface area contributed by atoms with Gasteiger partial charge in [-0.3, -0.25) is 9.59 Å². The van der Waals surface area contributed by atoms with E-state index < -0.39 is 11.2 Å². The molecule has 0 saturated heterocycles. The standard InChI is InChI=1S/C12H11Cl3O2S/c1-7(16)18-6-8(12(15)17)5-9-10(13)3-2-4-11(9)14/h2-4,8H,5-6H2,1H3. The number of benzene rings is 1. The summed E-state index contributed by atoms with van der Waals surface area (Å²) >= 11 is 18.7. The summed E-state index contributed by atoms with van der Waals surface area (Å²) in [5, 5.41) is 0.458. The molecule has 98 valence electrons. The van der Waals surface area contributed by atoms with E-state index in [9.17, 15) is 9.59 Å². The Morgan fingerprint density at radius 2 is 1.83 bits per heavy atom. The van der Waals surface area contributed by atoms with Crippen LogP contribution in [0, 0.1) is 5.92 Å². The fraction of sp³-hybridized carbons (Fsp3) is 0.333. The van der Waals surface area contributed by atoms with Crippen LogP contribution in [0.3, 0.4) is 0 Å². The van der Waals surface area contributed by atoms with Crippen LogP contribution in [0.4, 0.5) is 0 Å².